The van der Waals surface area contributed by atoms with E-state index in [1.807, 2.05) is 6.92 Å². The van der Waals surface area contributed by atoms with E-state index in [9.17, 15) is 0 Å². The molecule has 0 radical (unpaired) electrons. The quantitative estimate of drug-likeness (QED) is 0.710. The van der Waals surface area contributed by atoms with Gasteiger partial charge in [0, 0.05) is 0 Å². The van der Waals surface area contributed by atoms with Crippen LogP contribution in [0.2, 0.25) is 0 Å². The maximum atomic E-state index is 9.07. The summed E-state index contributed by atoms with van der Waals surface area (Å²) in [5.41, 5.74) is 0.259. The molecule has 0 amide bonds. The van der Waals surface area contributed by atoms with Gasteiger partial charge in [-0.25, -0.2) is 0 Å². The molecular formula is C15H22N2O3. The Bertz CT molecular complexity index is 471. The van der Waals surface area contributed by atoms with Crippen LogP contribution in [0.4, 0.5) is 0 Å². The number of methoxy groups -OCH3 is 1. The predicted molar refractivity (Wildman–Crippen MR) is 76.7 cm³/mol. The molecule has 1 aromatic carbocycles. The minimum atomic E-state index is -0.520. The fourth-order valence-electron chi connectivity index (χ4n) is 1.77. The van der Waals surface area contributed by atoms with Gasteiger partial charge in [-0.05, 0) is 44.5 Å². The summed E-state index contributed by atoms with van der Waals surface area (Å²) >= 11 is 0. The van der Waals surface area contributed by atoms with Crippen molar-refractivity contribution in [2.75, 3.05) is 20.8 Å². The van der Waals surface area contributed by atoms with Crippen LogP contribution in [0.3, 0.4) is 0 Å². The summed E-state index contributed by atoms with van der Waals surface area (Å²) in [6.45, 7) is 2.34. The van der Waals surface area contributed by atoms with Gasteiger partial charge in [-0.3, -0.25) is 0 Å². The first kappa shape index (κ1) is 16.3. The molecule has 20 heavy (non-hydrogen) atoms. The minimum absolute atomic E-state index is 0.0284. The zero-order chi connectivity index (χ0) is 15.0. The van der Waals surface area contributed by atoms with Gasteiger partial charge in [0.25, 0.3) is 0 Å². The Balaban J connectivity index is 2.52. The largest absolute Gasteiger partial charge is 0.493 e. The van der Waals surface area contributed by atoms with E-state index >= 15 is 0 Å². The number of aliphatic hydroxyl groups is 1. The van der Waals surface area contributed by atoms with Gasteiger partial charge in [-0.2, -0.15) is 5.26 Å². The summed E-state index contributed by atoms with van der Waals surface area (Å²) in [6.07, 6.45) is 1.47. The van der Waals surface area contributed by atoms with Crippen molar-refractivity contribution < 1.29 is 14.6 Å². The fraction of sp³-hybridized carbons (Fsp3) is 0.533. The van der Waals surface area contributed by atoms with Crippen molar-refractivity contribution in [2.45, 2.75) is 31.9 Å². The summed E-state index contributed by atoms with van der Waals surface area (Å²) in [4.78, 5) is 0. The molecule has 0 fully saturated rings. The van der Waals surface area contributed by atoms with Crippen LogP contribution >= 0.6 is 0 Å². The average Bonchev–Trinajstić information content (AvgIpc) is 2.51. The molecule has 1 rings (SSSR count). The topological polar surface area (TPSA) is 74.5 Å². The van der Waals surface area contributed by atoms with Crippen LogP contribution in [0.15, 0.2) is 18.2 Å². The number of hydrogen-bond acceptors (Lipinski definition) is 5. The monoisotopic (exact) mass is 278 g/mol. The van der Waals surface area contributed by atoms with Gasteiger partial charge in [-0.1, -0.05) is 6.07 Å². The number of rotatable bonds is 8. The molecule has 1 aromatic rings. The highest BCUT2D eigenvalue weighted by molar-refractivity contribution is 5.42. The smallest absolute Gasteiger partial charge is 0.161 e. The van der Waals surface area contributed by atoms with Gasteiger partial charge in [0.1, 0.15) is 5.54 Å². The van der Waals surface area contributed by atoms with Crippen LogP contribution in [-0.2, 0) is 6.61 Å². The zero-order valence-corrected chi connectivity index (χ0v) is 12.3. The van der Waals surface area contributed by atoms with Crippen LogP contribution < -0.4 is 14.8 Å². The molecule has 0 aliphatic heterocycles. The molecule has 2 N–H and O–H groups in total. The molecule has 5 nitrogen and oxygen atoms in total. The lowest BCUT2D eigenvalue weighted by Gasteiger charge is -2.20. The first-order chi connectivity index (χ1) is 9.58. The Hall–Kier alpha value is -1.77. The van der Waals surface area contributed by atoms with Crippen LogP contribution in [0.25, 0.3) is 0 Å². The number of benzene rings is 1. The summed E-state index contributed by atoms with van der Waals surface area (Å²) in [6, 6.07) is 7.58. The van der Waals surface area contributed by atoms with E-state index in [4.69, 9.17) is 19.8 Å². The summed E-state index contributed by atoms with van der Waals surface area (Å²) < 4.78 is 10.9. The molecule has 0 saturated carbocycles. The lowest BCUT2D eigenvalue weighted by atomic mass is 9.98. The van der Waals surface area contributed by atoms with E-state index < -0.39 is 5.54 Å². The normalized spacial score (nSPS) is 13.3. The molecule has 1 unspecified atom stereocenters. The molecule has 0 aromatic heterocycles. The summed E-state index contributed by atoms with van der Waals surface area (Å²) in [5, 5.41) is 21.1. The fourth-order valence-corrected chi connectivity index (χ4v) is 1.77. The molecule has 5 heteroatoms. The first-order valence-electron chi connectivity index (χ1n) is 6.59. The highest BCUT2D eigenvalue weighted by Gasteiger charge is 2.20. The Morgan fingerprint density at radius 2 is 2.15 bits per heavy atom. The SMILES string of the molecule is CNC(C)(C#N)CCCOc1ccc(CO)cc1OC. The second-order valence-electron chi connectivity index (χ2n) is 4.79. The number of aliphatic hydroxyl groups excluding tert-OH is 1. The first-order valence-corrected chi connectivity index (χ1v) is 6.59. The van der Waals surface area contributed by atoms with Crippen molar-refractivity contribution in [3.8, 4) is 17.6 Å². The standard InChI is InChI=1S/C15H22N2O3/c1-15(11-16,17-2)7-4-8-20-13-6-5-12(10-18)9-14(13)19-3/h5-6,9,17-18H,4,7-8,10H2,1-3H3. The van der Waals surface area contributed by atoms with Crippen molar-refractivity contribution in [2.24, 2.45) is 0 Å². The third kappa shape index (κ3) is 4.41. The molecule has 0 heterocycles. The van der Waals surface area contributed by atoms with E-state index in [0.29, 0.717) is 24.5 Å². The van der Waals surface area contributed by atoms with Gasteiger partial charge in [0.15, 0.2) is 11.5 Å². The molecule has 0 aliphatic rings. The third-order valence-electron chi connectivity index (χ3n) is 3.29. The van der Waals surface area contributed by atoms with Crippen LogP contribution in [0, 0.1) is 11.3 Å². The van der Waals surface area contributed by atoms with Crippen molar-refractivity contribution >= 4 is 0 Å². The lowest BCUT2D eigenvalue weighted by molar-refractivity contribution is 0.269. The summed E-state index contributed by atoms with van der Waals surface area (Å²) in [7, 11) is 3.35. The van der Waals surface area contributed by atoms with Crippen molar-refractivity contribution in [3.05, 3.63) is 23.8 Å². The van der Waals surface area contributed by atoms with Crippen molar-refractivity contribution in [3.63, 3.8) is 0 Å². The maximum absolute atomic E-state index is 9.07. The molecule has 110 valence electrons. The van der Waals surface area contributed by atoms with E-state index in [2.05, 4.69) is 11.4 Å². The molecule has 0 saturated heterocycles. The van der Waals surface area contributed by atoms with Gasteiger partial charge >= 0.3 is 0 Å². The lowest BCUT2D eigenvalue weighted by Crippen LogP contribution is -2.38. The second-order valence-corrected chi connectivity index (χ2v) is 4.79. The predicted octanol–water partition coefficient (Wildman–Crippen LogP) is 1.85. The number of nitrogens with zero attached hydrogens (tertiary/aromatic N) is 1. The van der Waals surface area contributed by atoms with Gasteiger partial charge in [0.2, 0.25) is 0 Å². The number of nitriles is 1. The Kier molecular flexibility index (Phi) is 6.29. The van der Waals surface area contributed by atoms with Gasteiger partial charge < -0.3 is 19.9 Å². The van der Waals surface area contributed by atoms with Gasteiger partial charge in [-0.15, -0.1) is 0 Å². The zero-order valence-electron chi connectivity index (χ0n) is 12.3. The van der Waals surface area contributed by atoms with Gasteiger partial charge in [0.05, 0.1) is 26.4 Å². The summed E-state index contributed by atoms with van der Waals surface area (Å²) in [5.74, 6) is 1.25. The Labute approximate surface area is 120 Å². The van der Waals surface area contributed by atoms with Crippen LogP contribution in [-0.4, -0.2) is 31.4 Å². The third-order valence-corrected chi connectivity index (χ3v) is 3.29. The average molecular weight is 278 g/mol. The van der Waals surface area contributed by atoms with E-state index in [-0.39, 0.29) is 6.61 Å². The van der Waals surface area contributed by atoms with Crippen LogP contribution in [0.5, 0.6) is 11.5 Å². The Morgan fingerprint density at radius 3 is 2.70 bits per heavy atom. The second kappa shape index (κ2) is 7.73. The number of hydrogen-bond donors (Lipinski definition) is 2. The maximum Gasteiger partial charge on any atom is 0.161 e. The van der Waals surface area contributed by atoms with Crippen molar-refractivity contribution in [1.82, 2.24) is 5.32 Å². The van der Waals surface area contributed by atoms with E-state index in [1.54, 1.807) is 32.4 Å². The minimum Gasteiger partial charge on any atom is -0.493 e. The van der Waals surface area contributed by atoms with E-state index in [0.717, 1.165) is 12.0 Å². The highest BCUT2D eigenvalue weighted by atomic mass is 16.5. The molecular weight excluding hydrogens is 256 g/mol. The van der Waals surface area contributed by atoms with Crippen LogP contribution in [0.1, 0.15) is 25.3 Å². The van der Waals surface area contributed by atoms with E-state index in [1.165, 1.54) is 0 Å². The van der Waals surface area contributed by atoms with Crippen molar-refractivity contribution in [1.29, 1.82) is 5.26 Å². The molecule has 0 bridgehead atoms. The molecule has 0 spiro atoms. The molecule has 1 atom stereocenters. The number of ether oxygens (including phenoxy) is 2. The molecule has 0 aliphatic carbocycles. The Morgan fingerprint density at radius 1 is 1.40 bits per heavy atom. The number of nitrogens with one attached hydrogen (secondary N) is 1. The highest BCUT2D eigenvalue weighted by Crippen LogP contribution is 2.28.